The van der Waals surface area contributed by atoms with Gasteiger partial charge in [0.15, 0.2) is 0 Å². The molecule has 0 fully saturated rings. The van der Waals surface area contributed by atoms with Gasteiger partial charge in [-0.05, 0) is 67.6 Å². The third-order valence-electron chi connectivity index (χ3n) is 3.58. The first-order valence-electron chi connectivity index (χ1n) is 7.34. The van der Waals surface area contributed by atoms with Gasteiger partial charge >= 0.3 is 0 Å². The molecule has 3 heteroatoms. The Morgan fingerprint density at radius 1 is 1.14 bits per heavy atom. The van der Waals surface area contributed by atoms with E-state index >= 15 is 0 Å². The Morgan fingerprint density at radius 2 is 1.90 bits per heavy atom. The van der Waals surface area contributed by atoms with Gasteiger partial charge in [0.05, 0.1) is 6.61 Å². The highest BCUT2D eigenvalue weighted by Crippen LogP contribution is 2.21. The number of hydrogen-bond donors (Lipinski definition) is 1. The van der Waals surface area contributed by atoms with Crippen LogP contribution in [0.5, 0.6) is 5.75 Å². The lowest BCUT2D eigenvalue weighted by molar-refractivity contribution is 0.301. The fourth-order valence-electron chi connectivity index (χ4n) is 2.38. The fraction of sp³-hybridized carbons (Fsp3) is 0.333. The highest BCUT2D eigenvalue weighted by molar-refractivity contribution is 5.27. The van der Waals surface area contributed by atoms with E-state index in [1.165, 1.54) is 17.7 Å². The van der Waals surface area contributed by atoms with Crippen molar-refractivity contribution >= 4 is 0 Å². The Hall–Kier alpha value is -1.87. The number of aryl methyl sites for hydroxylation is 1. The van der Waals surface area contributed by atoms with E-state index in [1.807, 2.05) is 43.3 Å². The Bertz CT molecular complexity index is 553. The zero-order valence-corrected chi connectivity index (χ0v) is 12.4. The van der Waals surface area contributed by atoms with Gasteiger partial charge in [0.1, 0.15) is 11.6 Å². The molecular weight excluding hydrogens is 265 g/mol. The molecule has 0 heterocycles. The Kier molecular flexibility index (Phi) is 5.76. The van der Waals surface area contributed by atoms with Crippen LogP contribution >= 0.6 is 0 Å². The monoisotopic (exact) mass is 287 g/mol. The van der Waals surface area contributed by atoms with E-state index in [1.54, 1.807) is 0 Å². The minimum absolute atomic E-state index is 0.211. The third-order valence-corrected chi connectivity index (χ3v) is 3.58. The first-order valence-corrected chi connectivity index (χ1v) is 7.34. The lowest BCUT2D eigenvalue weighted by Crippen LogP contribution is -2.13. The molecule has 112 valence electrons. The van der Waals surface area contributed by atoms with Gasteiger partial charge in [-0.15, -0.1) is 0 Å². The Labute approximate surface area is 125 Å². The number of rotatable bonds is 7. The van der Waals surface area contributed by atoms with Gasteiger partial charge in [-0.1, -0.05) is 24.3 Å². The normalized spacial score (nSPS) is 12.1. The summed E-state index contributed by atoms with van der Waals surface area (Å²) in [5.41, 5.74) is 8.11. The van der Waals surface area contributed by atoms with Gasteiger partial charge < -0.3 is 10.5 Å². The summed E-state index contributed by atoms with van der Waals surface area (Å²) in [4.78, 5) is 0. The highest BCUT2D eigenvalue weighted by Gasteiger charge is 2.09. The van der Waals surface area contributed by atoms with Crippen molar-refractivity contribution in [2.24, 2.45) is 5.73 Å². The predicted octanol–water partition coefficient (Wildman–Crippen LogP) is 4.04. The second-order valence-electron chi connectivity index (χ2n) is 5.29. The summed E-state index contributed by atoms with van der Waals surface area (Å²) in [6.07, 6.45) is 1.86. The molecule has 2 N–H and O–H groups in total. The van der Waals surface area contributed by atoms with E-state index in [0.717, 1.165) is 24.2 Å². The summed E-state index contributed by atoms with van der Waals surface area (Å²) in [7, 11) is 0. The van der Waals surface area contributed by atoms with Gasteiger partial charge in [-0.25, -0.2) is 4.39 Å². The van der Waals surface area contributed by atoms with E-state index in [0.29, 0.717) is 13.2 Å². The average Bonchev–Trinajstić information content (AvgIpc) is 2.49. The quantitative estimate of drug-likeness (QED) is 0.780. The minimum atomic E-state index is -0.211. The molecule has 0 spiro atoms. The van der Waals surface area contributed by atoms with Crippen LogP contribution in [0.1, 0.15) is 29.9 Å². The Morgan fingerprint density at radius 3 is 2.57 bits per heavy atom. The van der Waals surface area contributed by atoms with Gasteiger partial charge in [0.25, 0.3) is 0 Å². The topological polar surface area (TPSA) is 35.2 Å². The van der Waals surface area contributed by atoms with Crippen molar-refractivity contribution in [2.75, 3.05) is 13.2 Å². The maximum Gasteiger partial charge on any atom is 0.123 e. The molecule has 2 aromatic rings. The van der Waals surface area contributed by atoms with Gasteiger partial charge in [-0.2, -0.15) is 0 Å². The predicted molar refractivity (Wildman–Crippen MR) is 84.1 cm³/mol. The van der Waals surface area contributed by atoms with Crippen molar-refractivity contribution < 1.29 is 9.13 Å². The van der Waals surface area contributed by atoms with E-state index < -0.39 is 0 Å². The maximum atomic E-state index is 12.9. The van der Waals surface area contributed by atoms with E-state index in [9.17, 15) is 4.39 Å². The van der Waals surface area contributed by atoms with Gasteiger partial charge in [0.2, 0.25) is 0 Å². The molecule has 0 saturated carbocycles. The molecule has 2 rings (SSSR count). The number of benzene rings is 2. The molecule has 0 bridgehead atoms. The standard InChI is InChI=1S/C18H22FNO/c1-14-4-2-6-18(12-14)21-11-3-5-16(13-20)15-7-9-17(19)10-8-15/h2,4,6-10,12,16H,3,5,11,13,20H2,1H3. The van der Waals surface area contributed by atoms with Crippen LogP contribution in [0.2, 0.25) is 0 Å². The number of hydrogen-bond acceptors (Lipinski definition) is 2. The van der Waals surface area contributed by atoms with E-state index in [4.69, 9.17) is 10.5 Å². The first kappa shape index (κ1) is 15.5. The summed E-state index contributed by atoms with van der Waals surface area (Å²) in [6, 6.07) is 14.6. The largest absolute Gasteiger partial charge is 0.494 e. The van der Waals surface area contributed by atoms with Crippen LogP contribution in [-0.2, 0) is 0 Å². The van der Waals surface area contributed by atoms with Crippen LogP contribution in [0, 0.1) is 12.7 Å². The summed E-state index contributed by atoms with van der Waals surface area (Å²) in [5, 5.41) is 0. The molecule has 1 unspecified atom stereocenters. The number of ether oxygens (including phenoxy) is 1. The van der Waals surface area contributed by atoms with Gasteiger partial charge in [0, 0.05) is 0 Å². The van der Waals surface area contributed by atoms with Crippen molar-refractivity contribution in [3.05, 3.63) is 65.5 Å². The summed E-state index contributed by atoms with van der Waals surface area (Å²) in [6.45, 7) is 3.28. The lowest BCUT2D eigenvalue weighted by Gasteiger charge is -2.15. The average molecular weight is 287 g/mol. The van der Waals surface area contributed by atoms with Gasteiger partial charge in [-0.3, -0.25) is 0 Å². The maximum absolute atomic E-state index is 12.9. The summed E-state index contributed by atoms with van der Waals surface area (Å²) < 4.78 is 18.7. The summed E-state index contributed by atoms with van der Waals surface area (Å²) in [5.74, 6) is 0.949. The minimum Gasteiger partial charge on any atom is -0.494 e. The van der Waals surface area contributed by atoms with Crippen LogP contribution in [0.15, 0.2) is 48.5 Å². The van der Waals surface area contributed by atoms with Crippen molar-refractivity contribution in [2.45, 2.75) is 25.7 Å². The van der Waals surface area contributed by atoms with Crippen molar-refractivity contribution in [3.8, 4) is 5.75 Å². The van der Waals surface area contributed by atoms with Crippen LogP contribution in [0.25, 0.3) is 0 Å². The number of nitrogens with two attached hydrogens (primary N) is 1. The molecular formula is C18H22FNO. The van der Waals surface area contributed by atoms with Crippen molar-refractivity contribution in [3.63, 3.8) is 0 Å². The van der Waals surface area contributed by atoms with Crippen molar-refractivity contribution in [1.82, 2.24) is 0 Å². The molecule has 2 aromatic carbocycles. The molecule has 0 radical (unpaired) electrons. The van der Waals surface area contributed by atoms with Crippen LogP contribution in [0.3, 0.4) is 0 Å². The molecule has 0 saturated heterocycles. The molecule has 0 aliphatic heterocycles. The molecule has 0 aromatic heterocycles. The molecule has 1 atom stereocenters. The summed E-state index contributed by atoms with van der Waals surface area (Å²) >= 11 is 0. The van der Waals surface area contributed by atoms with E-state index in [-0.39, 0.29) is 11.7 Å². The van der Waals surface area contributed by atoms with Crippen LogP contribution < -0.4 is 10.5 Å². The second-order valence-corrected chi connectivity index (χ2v) is 5.29. The number of halogens is 1. The highest BCUT2D eigenvalue weighted by atomic mass is 19.1. The molecule has 0 amide bonds. The van der Waals surface area contributed by atoms with Crippen LogP contribution in [0.4, 0.5) is 4.39 Å². The smallest absolute Gasteiger partial charge is 0.123 e. The Balaban J connectivity index is 1.79. The zero-order chi connectivity index (χ0) is 15.1. The second kappa shape index (κ2) is 7.79. The third kappa shape index (κ3) is 4.87. The first-order chi connectivity index (χ1) is 10.2. The molecule has 2 nitrogen and oxygen atoms in total. The SMILES string of the molecule is Cc1cccc(OCCCC(CN)c2ccc(F)cc2)c1. The van der Waals surface area contributed by atoms with Crippen LogP contribution in [-0.4, -0.2) is 13.2 Å². The molecule has 21 heavy (non-hydrogen) atoms. The molecule has 0 aliphatic rings. The van der Waals surface area contributed by atoms with E-state index in [2.05, 4.69) is 0 Å². The molecule has 0 aliphatic carbocycles. The zero-order valence-electron chi connectivity index (χ0n) is 12.4. The lowest BCUT2D eigenvalue weighted by atomic mass is 9.94. The fourth-order valence-corrected chi connectivity index (χ4v) is 2.38. The van der Waals surface area contributed by atoms with Crippen molar-refractivity contribution in [1.29, 1.82) is 0 Å².